The van der Waals surface area contributed by atoms with E-state index in [1.54, 1.807) is 6.07 Å². The van der Waals surface area contributed by atoms with E-state index in [1.807, 2.05) is 12.3 Å². The van der Waals surface area contributed by atoms with Gasteiger partial charge in [-0.25, -0.2) is 4.98 Å². The quantitative estimate of drug-likeness (QED) is 0.354. The van der Waals surface area contributed by atoms with E-state index in [9.17, 15) is 10.1 Å². The number of benzene rings is 1. The molecule has 0 aliphatic rings. The summed E-state index contributed by atoms with van der Waals surface area (Å²) < 4.78 is 0.770. The van der Waals surface area contributed by atoms with Gasteiger partial charge < -0.3 is 0 Å². The van der Waals surface area contributed by atoms with E-state index in [-0.39, 0.29) is 5.69 Å². The van der Waals surface area contributed by atoms with E-state index < -0.39 is 4.92 Å². The van der Waals surface area contributed by atoms with Crippen molar-refractivity contribution < 1.29 is 4.92 Å². The zero-order valence-electron chi connectivity index (χ0n) is 8.13. The van der Waals surface area contributed by atoms with Gasteiger partial charge in [0.15, 0.2) is 0 Å². The van der Waals surface area contributed by atoms with E-state index in [0.717, 1.165) is 21.5 Å². The van der Waals surface area contributed by atoms with Crippen LogP contribution in [0.4, 0.5) is 5.69 Å². The minimum absolute atomic E-state index is 0.0392. The minimum atomic E-state index is -0.478. The molecule has 80 valence electrons. The number of nitro benzene ring substituents is 1. The molecule has 7 heteroatoms. The number of thiocyanates is 1. The second-order valence-corrected chi connectivity index (χ2v) is 5.03. The third-order valence-electron chi connectivity index (χ3n) is 1.93. The van der Waals surface area contributed by atoms with Crippen LogP contribution in [0, 0.1) is 27.7 Å². The summed E-state index contributed by atoms with van der Waals surface area (Å²) in [4.78, 5) is 14.9. The molecule has 0 aliphatic heterocycles. The molecule has 1 heterocycles. The summed E-state index contributed by atoms with van der Waals surface area (Å²) >= 11 is 2.19. The highest BCUT2D eigenvalue weighted by Crippen LogP contribution is 2.34. The van der Waals surface area contributed by atoms with Gasteiger partial charge in [-0.05, 0) is 24.8 Å². The van der Waals surface area contributed by atoms with Gasteiger partial charge in [0.2, 0.25) is 0 Å². The van der Waals surface area contributed by atoms with Crippen LogP contribution in [0.3, 0.4) is 0 Å². The van der Waals surface area contributed by atoms with E-state index in [0.29, 0.717) is 10.4 Å². The van der Waals surface area contributed by atoms with E-state index in [2.05, 4.69) is 4.98 Å². The molecule has 16 heavy (non-hydrogen) atoms. The van der Waals surface area contributed by atoms with Crippen molar-refractivity contribution in [2.75, 3.05) is 0 Å². The van der Waals surface area contributed by atoms with Crippen LogP contribution in [0.2, 0.25) is 0 Å². The number of thiazole rings is 1. The van der Waals surface area contributed by atoms with Gasteiger partial charge in [0.25, 0.3) is 5.69 Å². The Labute approximate surface area is 98.9 Å². The van der Waals surface area contributed by atoms with Crippen molar-refractivity contribution in [2.45, 2.75) is 11.8 Å². The molecular weight excluding hydrogens is 246 g/mol. The van der Waals surface area contributed by atoms with Crippen molar-refractivity contribution in [3.63, 3.8) is 0 Å². The number of aryl methyl sites for hydroxylation is 1. The summed E-state index contributed by atoms with van der Waals surface area (Å²) in [6.07, 6.45) is 0. The first kappa shape index (κ1) is 10.9. The highest BCUT2D eigenvalue weighted by atomic mass is 32.2. The maximum atomic E-state index is 10.8. The van der Waals surface area contributed by atoms with E-state index >= 15 is 0 Å². The van der Waals surface area contributed by atoms with Crippen LogP contribution in [-0.4, -0.2) is 9.91 Å². The SMILES string of the molecule is Cc1nc2cc(SC#N)c([N+](=O)[O-])cc2s1. The molecule has 0 unspecified atom stereocenters. The lowest BCUT2D eigenvalue weighted by atomic mass is 10.3. The molecule has 0 atom stereocenters. The van der Waals surface area contributed by atoms with E-state index in [4.69, 9.17) is 5.26 Å². The first-order valence-electron chi connectivity index (χ1n) is 4.23. The average molecular weight is 251 g/mol. The number of fused-ring (bicyclic) bond motifs is 1. The molecule has 0 saturated heterocycles. The molecule has 0 fully saturated rings. The molecule has 5 nitrogen and oxygen atoms in total. The predicted octanol–water partition coefficient (Wildman–Crippen LogP) is 3.09. The van der Waals surface area contributed by atoms with Gasteiger partial charge in [-0.15, -0.1) is 11.3 Å². The smallest absolute Gasteiger partial charge is 0.258 e. The summed E-state index contributed by atoms with van der Waals surface area (Å²) in [5.41, 5.74) is 0.661. The predicted molar refractivity (Wildman–Crippen MR) is 62.5 cm³/mol. The molecule has 0 radical (unpaired) electrons. The lowest BCUT2D eigenvalue weighted by Crippen LogP contribution is -1.90. The van der Waals surface area contributed by atoms with Crippen LogP contribution in [-0.2, 0) is 0 Å². The van der Waals surface area contributed by atoms with Gasteiger partial charge in [-0.3, -0.25) is 10.1 Å². The zero-order chi connectivity index (χ0) is 11.7. The Bertz CT molecular complexity index is 615. The Hall–Kier alpha value is -1.65. The first-order valence-corrected chi connectivity index (χ1v) is 5.86. The van der Waals surface area contributed by atoms with Crippen LogP contribution in [0.5, 0.6) is 0 Å². The van der Waals surface area contributed by atoms with Crippen LogP contribution in [0.25, 0.3) is 10.2 Å². The summed E-state index contributed by atoms with van der Waals surface area (Å²) in [6, 6.07) is 3.06. The van der Waals surface area contributed by atoms with Crippen LogP contribution >= 0.6 is 23.1 Å². The summed E-state index contributed by atoms with van der Waals surface area (Å²) in [7, 11) is 0. The molecule has 0 amide bonds. The number of rotatable bonds is 2. The lowest BCUT2D eigenvalue weighted by Gasteiger charge is -1.96. The molecule has 0 bridgehead atoms. The number of nitriles is 1. The standard InChI is InChI=1S/C9H5N3O2S2/c1-5-11-6-2-9(15-4-10)7(12(13)14)3-8(6)16-5/h2-3H,1H3. The second-order valence-electron chi connectivity index (χ2n) is 2.97. The summed E-state index contributed by atoms with van der Waals surface area (Å²) in [6.45, 7) is 1.84. The summed E-state index contributed by atoms with van der Waals surface area (Å²) in [5, 5.41) is 22.1. The maximum Gasteiger partial charge on any atom is 0.285 e. The average Bonchev–Trinajstić information content (AvgIpc) is 2.56. The first-order chi connectivity index (χ1) is 7.61. The fourth-order valence-electron chi connectivity index (χ4n) is 1.33. The van der Waals surface area contributed by atoms with Crippen LogP contribution in [0.15, 0.2) is 17.0 Å². The zero-order valence-corrected chi connectivity index (χ0v) is 9.76. The number of thioether (sulfide) groups is 1. The molecule has 1 aromatic carbocycles. The Morgan fingerprint density at radius 2 is 2.38 bits per heavy atom. The van der Waals surface area contributed by atoms with Gasteiger partial charge in [-0.1, -0.05) is 0 Å². The monoisotopic (exact) mass is 251 g/mol. The lowest BCUT2D eigenvalue weighted by molar-refractivity contribution is -0.387. The van der Waals surface area contributed by atoms with Crippen molar-refractivity contribution in [1.82, 2.24) is 4.98 Å². The topological polar surface area (TPSA) is 79.8 Å². The molecular formula is C9H5N3O2S2. The molecule has 0 N–H and O–H groups in total. The van der Waals surface area contributed by atoms with Crippen molar-refractivity contribution in [3.05, 3.63) is 27.3 Å². The number of hydrogen-bond donors (Lipinski definition) is 0. The van der Waals surface area contributed by atoms with Crippen LogP contribution in [0.1, 0.15) is 5.01 Å². The minimum Gasteiger partial charge on any atom is -0.258 e. The van der Waals surface area contributed by atoms with Gasteiger partial charge in [0.05, 0.1) is 20.1 Å². The maximum absolute atomic E-state index is 10.8. The molecule has 2 rings (SSSR count). The van der Waals surface area contributed by atoms with Crippen molar-refractivity contribution in [1.29, 1.82) is 5.26 Å². The third kappa shape index (κ3) is 1.85. The fourth-order valence-corrected chi connectivity index (χ4v) is 2.68. The normalized spacial score (nSPS) is 10.2. The van der Waals surface area contributed by atoms with Gasteiger partial charge in [0, 0.05) is 6.07 Å². The fraction of sp³-hybridized carbons (Fsp3) is 0.111. The Morgan fingerprint density at radius 1 is 1.62 bits per heavy atom. The van der Waals surface area contributed by atoms with Crippen LogP contribution < -0.4 is 0 Å². The van der Waals surface area contributed by atoms with Gasteiger partial charge >= 0.3 is 0 Å². The number of hydrogen-bond acceptors (Lipinski definition) is 6. The molecule has 1 aromatic heterocycles. The Kier molecular flexibility index (Phi) is 2.77. The van der Waals surface area contributed by atoms with Crippen molar-refractivity contribution in [2.24, 2.45) is 0 Å². The Morgan fingerprint density at radius 3 is 3.00 bits per heavy atom. The Balaban J connectivity index is 2.70. The van der Waals surface area contributed by atoms with E-state index in [1.165, 1.54) is 17.4 Å². The highest BCUT2D eigenvalue weighted by molar-refractivity contribution is 8.03. The molecule has 0 saturated carbocycles. The van der Waals surface area contributed by atoms with Gasteiger partial charge in [0.1, 0.15) is 10.3 Å². The molecule has 0 aliphatic carbocycles. The van der Waals surface area contributed by atoms with Gasteiger partial charge in [-0.2, -0.15) is 5.26 Å². The third-order valence-corrected chi connectivity index (χ3v) is 3.50. The number of nitro groups is 1. The molecule has 2 aromatic rings. The van der Waals surface area contributed by atoms with Crippen molar-refractivity contribution >= 4 is 39.0 Å². The largest absolute Gasteiger partial charge is 0.285 e. The number of aromatic nitrogens is 1. The summed E-state index contributed by atoms with van der Waals surface area (Å²) in [5.74, 6) is 0. The molecule has 0 spiro atoms. The number of nitrogens with zero attached hydrogens (tertiary/aromatic N) is 3. The van der Waals surface area contributed by atoms with Crippen molar-refractivity contribution in [3.8, 4) is 5.40 Å². The second kappa shape index (κ2) is 4.08. The highest BCUT2D eigenvalue weighted by Gasteiger charge is 2.17.